The van der Waals surface area contributed by atoms with E-state index in [1.807, 2.05) is 0 Å². The average molecular weight is 274 g/mol. The van der Waals surface area contributed by atoms with E-state index in [1.165, 1.54) is 0 Å². The number of benzene rings is 1. The molecule has 1 aliphatic rings. The van der Waals surface area contributed by atoms with Gasteiger partial charge in [-0.15, -0.1) is 0 Å². The molecule has 0 saturated carbocycles. The third kappa shape index (κ3) is 2.34. The number of amides is 2. The molecule has 1 aromatic carbocycles. The molecule has 1 fully saturated rings. The molecule has 7 nitrogen and oxygen atoms in total. The van der Waals surface area contributed by atoms with E-state index < -0.39 is 0 Å². The highest BCUT2D eigenvalue weighted by Gasteiger charge is 2.23. The molecule has 104 valence electrons. The Kier molecular flexibility index (Phi) is 3.32. The normalized spacial score (nSPS) is 16.3. The first-order valence-electron chi connectivity index (χ1n) is 6.49. The summed E-state index contributed by atoms with van der Waals surface area (Å²) in [6, 6.07) is 5.30. The second-order valence-electron chi connectivity index (χ2n) is 4.82. The van der Waals surface area contributed by atoms with Crippen LogP contribution in [0, 0.1) is 0 Å². The highest BCUT2D eigenvalue weighted by Crippen LogP contribution is 2.17. The van der Waals surface area contributed by atoms with Gasteiger partial charge >= 0.3 is 0 Å². The first-order chi connectivity index (χ1) is 9.78. The van der Waals surface area contributed by atoms with Gasteiger partial charge in [0.1, 0.15) is 11.0 Å². The van der Waals surface area contributed by atoms with Gasteiger partial charge in [-0.3, -0.25) is 9.59 Å². The first kappa shape index (κ1) is 12.6. The second kappa shape index (κ2) is 5.28. The van der Waals surface area contributed by atoms with Crippen molar-refractivity contribution >= 4 is 23.4 Å². The number of hydrogen-bond donors (Lipinski definition) is 1. The van der Waals surface area contributed by atoms with Crippen molar-refractivity contribution in [2.24, 2.45) is 0 Å². The van der Waals surface area contributed by atoms with Gasteiger partial charge in [0, 0.05) is 24.7 Å². The Morgan fingerprint density at radius 3 is 2.80 bits per heavy atom. The van der Waals surface area contributed by atoms with Crippen molar-refractivity contribution in [3.8, 4) is 0 Å². The molecule has 0 aliphatic carbocycles. The van der Waals surface area contributed by atoms with Gasteiger partial charge in [0.2, 0.25) is 6.41 Å². The van der Waals surface area contributed by atoms with Crippen LogP contribution in [0.2, 0.25) is 0 Å². The molecule has 1 N–H and O–H groups in total. The fraction of sp³-hybridized carbons (Fsp3) is 0.385. The number of rotatable bonds is 3. The van der Waals surface area contributed by atoms with E-state index in [2.05, 4.69) is 20.3 Å². The van der Waals surface area contributed by atoms with Gasteiger partial charge in [-0.05, 0) is 41.4 Å². The molecule has 0 spiro atoms. The lowest BCUT2D eigenvalue weighted by Gasteiger charge is -2.31. The molecule has 1 aliphatic heterocycles. The number of likely N-dealkylation sites (tertiary alicyclic amines) is 1. The summed E-state index contributed by atoms with van der Waals surface area (Å²) in [6.45, 7) is 1.28. The monoisotopic (exact) mass is 274 g/mol. The summed E-state index contributed by atoms with van der Waals surface area (Å²) < 4.78 is 4.62. The fourth-order valence-corrected chi connectivity index (χ4v) is 2.44. The fourth-order valence-electron chi connectivity index (χ4n) is 2.44. The summed E-state index contributed by atoms with van der Waals surface area (Å²) in [6.07, 6.45) is 2.27. The smallest absolute Gasteiger partial charge is 0.253 e. The van der Waals surface area contributed by atoms with Gasteiger partial charge in [0.05, 0.1) is 0 Å². The molecule has 0 unspecified atom stereocenters. The minimum Gasteiger partial charge on any atom is -0.356 e. The van der Waals surface area contributed by atoms with Crippen molar-refractivity contribution in [1.29, 1.82) is 0 Å². The van der Waals surface area contributed by atoms with Gasteiger partial charge in [-0.25, -0.2) is 4.63 Å². The lowest BCUT2D eigenvalue weighted by molar-refractivity contribution is -0.110. The van der Waals surface area contributed by atoms with Crippen LogP contribution in [0.15, 0.2) is 22.8 Å². The maximum atomic E-state index is 12.4. The van der Waals surface area contributed by atoms with E-state index in [0.717, 1.165) is 12.8 Å². The molecule has 1 saturated heterocycles. The Morgan fingerprint density at radius 2 is 2.05 bits per heavy atom. The van der Waals surface area contributed by atoms with E-state index >= 15 is 0 Å². The number of hydrogen-bond acceptors (Lipinski definition) is 5. The van der Waals surface area contributed by atoms with Crippen LogP contribution >= 0.6 is 0 Å². The first-order valence-corrected chi connectivity index (χ1v) is 6.49. The number of fused-ring (bicyclic) bond motifs is 1. The molecule has 1 aromatic heterocycles. The molecule has 2 heterocycles. The highest BCUT2D eigenvalue weighted by molar-refractivity contribution is 5.97. The molecule has 0 bridgehead atoms. The van der Waals surface area contributed by atoms with E-state index in [-0.39, 0.29) is 11.9 Å². The zero-order valence-corrected chi connectivity index (χ0v) is 10.8. The van der Waals surface area contributed by atoms with Crippen molar-refractivity contribution in [3.63, 3.8) is 0 Å². The molecule has 0 radical (unpaired) electrons. The van der Waals surface area contributed by atoms with Crippen LogP contribution in [-0.4, -0.2) is 46.7 Å². The Hall–Kier alpha value is -2.44. The molecule has 2 amide bonds. The molecule has 3 rings (SSSR count). The maximum Gasteiger partial charge on any atom is 0.253 e. The number of aromatic nitrogens is 2. The number of carbonyl (C=O) groups excluding carboxylic acids is 2. The highest BCUT2D eigenvalue weighted by atomic mass is 16.6. The molecular formula is C13H14N4O3. The van der Waals surface area contributed by atoms with E-state index in [9.17, 15) is 9.59 Å². The summed E-state index contributed by atoms with van der Waals surface area (Å²) in [4.78, 5) is 24.6. The SMILES string of the molecule is O=CNC1CCN(C(=O)c2ccc3nonc3c2)CC1. The second-order valence-corrected chi connectivity index (χ2v) is 4.82. The zero-order valence-electron chi connectivity index (χ0n) is 10.8. The van der Waals surface area contributed by atoms with Crippen LogP contribution in [0.4, 0.5) is 0 Å². The summed E-state index contributed by atoms with van der Waals surface area (Å²) in [5.41, 5.74) is 1.79. The van der Waals surface area contributed by atoms with Crippen LogP contribution < -0.4 is 5.32 Å². The standard InChI is InChI=1S/C13H14N4O3/c18-8-14-10-3-5-17(6-4-10)13(19)9-1-2-11-12(7-9)16-20-15-11/h1-2,7-8,10H,3-6H2,(H,14,18). The van der Waals surface area contributed by atoms with E-state index in [1.54, 1.807) is 23.1 Å². The minimum absolute atomic E-state index is 0.0283. The number of nitrogens with one attached hydrogen (secondary N) is 1. The Morgan fingerprint density at radius 1 is 1.30 bits per heavy atom. The van der Waals surface area contributed by atoms with Crippen LogP contribution in [0.1, 0.15) is 23.2 Å². The predicted molar refractivity (Wildman–Crippen MR) is 69.9 cm³/mol. The van der Waals surface area contributed by atoms with Gasteiger partial charge in [0.25, 0.3) is 5.91 Å². The Labute approximate surface area is 114 Å². The van der Waals surface area contributed by atoms with Gasteiger partial charge in [-0.2, -0.15) is 0 Å². The molecule has 20 heavy (non-hydrogen) atoms. The Balaban J connectivity index is 1.71. The lowest BCUT2D eigenvalue weighted by atomic mass is 10.0. The van der Waals surface area contributed by atoms with Gasteiger partial charge in [-0.1, -0.05) is 0 Å². The van der Waals surface area contributed by atoms with E-state index in [0.29, 0.717) is 36.1 Å². The predicted octanol–water partition coefficient (Wildman–Crippen LogP) is 0.573. The van der Waals surface area contributed by atoms with Crippen molar-refractivity contribution in [3.05, 3.63) is 23.8 Å². The molecule has 0 atom stereocenters. The van der Waals surface area contributed by atoms with Crippen LogP contribution in [0.3, 0.4) is 0 Å². The Bertz CT molecular complexity index is 631. The number of nitrogens with zero attached hydrogens (tertiary/aromatic N) is 3. The lowest BCUT2D eigenvalue weighted by Crippen LogP contribution is -2.44. The van der Waals surface area contributed by atoms with E-state index in [4.69, 9.17) is 0 Å². The van der Waals surface area contributed by atoms with Crippen LogP contribution in [0.5, 0.6) is 0 Å². The maximum absolute atomic E-state index is 12.4. The summed E-state index contributed by atoms with van der Waals surface area (Å²) in [5, 5.41) is 10.2. The summed E-state index contributed by atoms with van der Waals surface area (Å²) in [7, 11) is 0. The van der Waals surface area contributed by atoms with Crippen molar-refractivity contribution in [1.82, 2.24) is 20.5 Å². The number of carbonyl (C=O) groups is 2. The van der Waals surface area contributed by atoms with Crippen LogP contribution in [0.25, 0.3) is 11.0 Å². The van der Waals surface area contributed by atoms with Crippen molar-refractivity contribution < 1.29 is 14.2 Å². The van der Waals surface area contributed by atoms with Crippen molar-refractivity contribution in [2.45, 2.75) is 18.9 Å². The average Bonchev–Trinajstić information content (AvgIpc) is 2.95. The molecule has 7 heteroatoms. The summed E-state index contributed by atoms with van der Waals surface area (Å²) in [5.74, 6) is -0.0283. The quantitative estimate of drug-likeness (QED) is 0.827. The largest absolute Gasteiger partial charge is 0.356 e. The van der Waals surface area contributed by atoms with Gasteiger partial charge in [0.15, 0.2) is 0 Å². The third-order valence-electron chi connectivity index (χ3n) is 3.59. The third-order valence-corrected chi connectivity index (χ3v) is 3.59. The van der Waals surface area contributed by atoms with Crippen molar-refractivity contribution in [2.75, 3.05) is 13.1 Å². The molecular weight excluding hydrogens is 260 g/mol. The minimum atomic E-state index is -0.0283. The number of piperidine rings is 1. The summed E-state index contributed by atoms with van der Waals surface area (Å²) >= 11 is 0. The zero-order chi connectivity index (χ0) is 13.9. The van der Waals surface area contributed by atoms with Gasteiger partial charge < -0.3 is 10.2 Å². The topological polar surface area (TPSA) is 88.3 Å². The van der Waals surface area contributed by atoms with Crippen LogP contribution in [-0.2, 0) is 4.79 Å². The molecule has 2 aromatic rings.